The van der Waals surface area contributed by atoms with Gasteiger partial charge < -0.3 is 42.4 Å². The van der Waals surface area contributed by atoms with E-state index >= 15 is 0 Å². The van der Waals surface area contributed by atoms with E-state index < -0.39 is 66.4 Å². The van der Waals surface area contributed by atoms with E-state index in [9.17, 15) is 29.1 Å². The van der Waals surface area contributed by atoms with Gasteiger partial charge in [-0.1, -0.05) is 50.6 Å². The zero-order valence-corrected chi connectivity index (χ0v) is 21.9. The highest BCUT2D eigenvalue weighted by Gasteiger charge is 2.34. The van der Waals surface area contributed by atoms with Crippen molar-refractivity contribution in [2.24, 2.45) is 17.4 Å². The van der Waals surface area contributed by atoms with Crippen LogP contribution in [0, 0.1) is 5.92 Å². The average molecular weight is 538 g/mol. The molecule has 0 radical (unpaired) electrons. The van der Waals surface area contributed by atoms with Crippen molar-refractivity contribution in [3.8, 4) is 0 Å². The van der Waals surface area contributed by atoms with Crippen LogP contribution in [0.3, 0.4) is 0 Å². The molecule has 0 saturated carbocycles. The van der Waals surface area contributed by atoms with Crippen LogP contribution in [0.4, 0.5) is 0 Å². The van der Waals surface area contributed by atoms with Crippen molar-refractivity contribution < 1.29 is 38.9 Å². The molecule has 38 heavy (non-hydrogen) atoms. The summed E-state index contributed by atoms with van der Waals surface area (Å²) in [4.78, 5) is 61.2. The molecule has 0 aliphatic heterocycles. The SMILES string of the molecule is CC[C@H](C)[C@H](N)C(=O)N[C@H](C(=O)N[C@@H](CCN)C(=O)N[C@@H](CC(=O)O)C(=O)O)[C@@H](C)OCc1ccccc1. The van der Waals surface area contributed by atoms with Gasteiger partial charge in [-0.15, -0.1) is 0 Å². The monoisotopic (exact) mass is 537 g/mol. The van der Waals surface area contributed by atoms with Gasteiger partial charge in [0.05, 0.1) is 25.2 Å². The van der Waals surface area contributed by atoms with Gasteiger partial charge in [-0.3, -0.25) is 19.2 Å². The van der Waals surface area contributed by atoms with Crippen LogP contribution >= 0.6 is 0 Å². The summed E-state index contributed by atoms with van der Waals surface area (Å²) in [6.07, 6.45) is -1.17. The number of aliphatic carboxylic acids is 2. The van der Waals surface area contributed by atoms with Crippen LogP contribution in [-0.4, -0.2) is 76.7 Å². The fourth-order valence-electron chi connectivity index (χ4n) is 3.40. The van der Waals surface area contributed by atoms with Gasteiger partial charge in [0.15, 0.2) is 0 Å². The molecule has 0 aromatic heterocycles. The molecule has 0 heterocycles. The molecule has 0 spiro atoms. The van der Waals surface area contributed by atoms with Crippen molar-refractivity contribution in [2.75, 3.05) is 6.54 Å². The Bertz CT molecular complexity index is 945. The molecule has 1 aromatic carbocycles. The Labute approximate surface area is 221 Å². The van der Waals surface area contributed by atoms with Crippen LogP contribution in [0.15, 0.2) is 30.3 Å². The lowest BCUT2D eigenvalue weighted by molar-refractivity contribution is -0.147. The number of amides is 3. The van der Waals surface area contributed by atoms with E-state index in [0.717, 1.165) is 5.56 Å². The van der Waals surface area contributed by atoms with Crippen LogP contribution in [-0.2, 0) is 35.3 Å². The summed E-state index contributed by atoms with van der Waals surface area (Å²) < 4.78 is 5.84. The van der Waals surface area contributed by atoms with E-state index in [0.29, 0.717) is 6.42 Å². The average Bonchev–Trinajstić information content (AvgIpc) is 2.88. The van der Waals surface area contributed by atoms with Crippen LogP contribution in [0.5, 0.6) is 0 Å². The molecule has 6 atom stereocenters. The Morgan fingerprint density at radius 3 is 2.05 bits per heavy atom. The highest BCUT2D eigenvalue weighted by molar-refractivity contribution is 5.95. The summed E-state index contributed by atoms with van der Waals surface area (Å²) >= 11 is 0. The lowest BCUT2D eigenvalue weighted by atomic mass is 9.98. The first-order valence-electron chi connectivity index (χ1n) is 12.4. The Balaban J connectivity index is 3.09. The fraction of sp³-hybridized carbons (Fsp3) is 0.560. The van der Waals surface area contributed by atoms with Gasteiger partial charge in [-0.25, -0.2) is 4.79 Å². The molecular weight excluding hydrogens is 498 g/mol. The molecule has 0 aliphatic rings. The standard InChI is InChI=1S/C25H39N5O8/c1-4-14(2)20(27)23(34)30-21(15(3)38-13-16-8-6-5-7-9-16)24(35)28-17(10-11-26)22(33)29-18(25(36)37)12-19(31)32/h5-9,14-15,17-18,20-21H,4,10-13,26-27H2,1-3H3,(H,28,35)(H,29,33)(H,30,34)(H,31,32)(H,36,37)/t14-,15+,17-,18-,20-,21-/m0/s1. The Morgan fingerprint density at radius 1 is 0.921 bits per heavy atom. The van der Waals surface area contributed by atoms with Crippen molar-refractivity contribution in [2.45, 2.75) is 76.9 Å². The zero-order valence-electron chi connectivity index (χ0n) is 21.9. The molecule has 13 heteroatoms. The highest BCUT2D eigenvalue weighted by atomic mass is 16.5. The molecule has 0 unspecified atom stereocenters. The van der Waals surface area contributed by atoms with E-state index in [1.54, 1.807) is 13.8 Å². The summed E-state index contributed by atoms with van der Waals surface area (Å²) in [7, 11) is 0. The number of carboxylic acids is 2. The molecule has 3 amide bonds. The predicted molar refractivity (Wildman–Crippen MR) is 137 cm³/mol. The maximum absolute atomic E-state index is 13.3. The quantitative estimate of drug-likeness (QED) is 0.133. The molecular formula is C25H39N5O8. The normalized spacial score (nSPS) is 15.7. The van der Waals surface area contributed by atoms with E-state index in [2.05, 4.69) is 16.0 Å². The maximum Gasteiger partial charge on any atom is 0.326 e. The second-order valence-electron chi connectivity index (χ2n) is 9.04. The second-order valence-corrected chi connectivity index (χ2v) is 9.04. The number of rotatable bonds is 17. The Kier molecular flexibility index (Phi) is 14.0. The number of hydrogen-bond acceptors (Lipinski definition) is 8. The van der Waals surface area contributed by atoms with Crippen LogP contribution in [0.25, 0.3) is 0 Å². The number of ether oxygens (including phenoxy) is 1. The fourth-order valence-corrected chi connectivity index (χ4v) is 3.40. The number of benzene rings is 1. The molecule has 0 aliphatic carbocycles. The maximum atomic E-state index is 13.3. The van der Waals surface area contributed by atoms with Crippen molar-refractivity contribution in [3.63, 3.8) is 0 Å². The lowest BCUT2D eigenvalue weighted by Gasteiger charge is -2.29. The number of carbonyl (C=O) groups is 5. The number of carboxylic acid groups (broad SMARTS) is 2. The second kappa shape index (κ2) is 16.3. The highest BCUT2D eigenvalue weighted by Crippen LogP contribution is 2.10. The van der Waals surface area contributed by atoms with E-state index in [4.69, 9.17) is 21.3 Å². The molecule has 212 valence electrons. The van der Waals surface area contributed by atoms with Crippen LogP contribution in [0.2, 0.25) is 0 Å². The topological polar surface area (TPSA) is 223 Å². The minimum Gasteiger partial charge on any atom is -0.481 e. The third-order valence-corrected chi connectivity index (χ3v) is 6.05. The largest absolute Gasteiger partial charge is 0.481 e. The zero-order chi connectivity index (χ0) is 28.8. The van der Waals surface area contributed by atoms with Gasteiger partial charge in [0.2, 0.25) is 17.7 Å². The molecule has 1 aromatic rings. The Hall–Kier alpha value is -3.55. The summed E-state index contributed by atoms with van der Waals surface area (Å²) in [5, 5.41) is 25.3. The van der Waals surface area contributed by atoms with Gasteiger partial charge in [0.1, 0.15) is 18.1 Å². The smallest absolute Gasteiger partial charge is 0.326 e. The van der Waals surface area contributed by atoms with E-state index in [1.807, 2.05) is 37.3 Å². The molecule has 1 rings (SSSR count). The summed E-state index contributed by atoms with van der Waals surface area (Å²) in [6, 6.07) is 3.98. The molecule has 0 bridgehead atoms. The molecule has 0 fully saturated rings. The number of carbonyl (C=O) groups excluding carboxylic acids is 3. The van der Waals surface area contributed by atoms with Gasteiger partial charge in [0.25, 0.3) is 0 Å². The van der Waals surface area contributed by atoms with Crippen molar-refractivity contribution in [1.29, 1.82) is 0 Å². The van der Waals surface area contributed by atoms with Crippen molar-refractivity contribution >= 4 is 29.7 Å². The molecule has 0 saturated heterocycles. The first kappa shape index (κ1) is 32.5. The first-order valence-corrected chi connectivity index (χ1v) is 12.4. The number of nitrogens with two attached hydrogens (primary N) is 2. The third kappa shape index (κ3) is 10.8. The van der Waals surface area contributed by atoms with E-state index in [-0.39, 0.29) is 25.5 Å². The summed E-state index contributed by atoms with van der Waals surface area (Å²) in [5.74, 6) is -5.45. The third-order valence-electron chi connectivity index (χ3n) is 6.05. The van der Waals surface area contributed by atoms with Gasteiger partial charge >= 0.3 is 11.9 Å². The van der Waals surface area contributed by atoms with Gasteiger partial charge in [0, 0.05) is 0 Å². The van der Waals surface area contributed by atoms with Crippen molar-refractivity contribution in [3.05, 3.63) is 35.9 Å². The summed E-state index contributed by atoms with van der Waals surface area (Å²) in [6.45, 7) is 5.34. The van der Waals surface area contributed by atoms with Crippen molar-refractivity contribution in [1.82, 2.24) is 16.0 Å². The first-order chi connectivity index (χ1) is 17.9. The van der Waals surface area contributed by atoms with Gasteiger partial charge in [-0.2, -0.15) is 0 Å². The minimum atomic E-state index is -1.71. The number of hydrogen-bond donors (Lipinski definition) is 7. The lowest BCUT2D eigenvalue weighted by Crippen LogP contribution is -2.60. The molecule has 13 nitrogen and oxygen atoms in total. The predicted octanol–water partition coefficient (Wildman–Crippen LogP) is -0.672. The van der Waals surface area contributed by atoms with E-state index in [1.165, 1.54) is 0 Å². The van der Waals surface area contributed by atoms with Crippen LogP contribution < -0.4 is 27.4 Å². The van der Waals surface area contributed by atoms with Gasteiger partial charge in [-0.05, 0) is 31.4 Å². The number of nitrogens with one attached hydrogen (secondary N) is 3. The Morgan fingerprint density at radius 2 is 1.53 bits per heavy atom. The molecule has 9 N–H and O–H groups in total. The minimum absolute atomic E-state index is 0.0506. The summed E-state index contributed by atoms with van der Waals surface area (Å²) in [5.41, 5.74) is 12.4. The van der Waals surface area contributed by atoms with Crippen LogP contribution in [0.1, 0.15) is 45.6 Å².